The highest BCUT2D eigenvalue weighted by Gasteiger charge is 2.16. The first-order valence-corrected chi connectivity index (χ1v) is 7.60. The largest absolute Gasteiger partial charge is 0.271 e. The van der Waals surface area contributed by atoms with Crippen LogP contribution in [-0.2, 0) is 13.0 Å². The molecule has 0 amide bonds. The Morgan fingerprint density at radius 1 is 1.40 bits per heavy atom. The fourth-order valence-electron chi connectivity index (χ4n) is 2.51. The SMILES string of the molecule is CCn1nc(C)cc1CC(NN)c1cccc(Br)c1C. The van der Waals surface area contributed by atoms with Crippen molar-refractivity contribution < 1.29 is 0 Å². The number of nitrogens with two attached hydrogens (primary N) is 1. The summed E-state index contributed by atoms with van der Waals surface area (Å²) >= 11 is 3.58. The van der Waals surface area contributed by atoms with E-state index in [9.17, 15) is 0 Å². The van der Waals surface area contributed by atoms with Crippen molar-refractivity contribution in [2.75, 3.05) is 0 Å². The maximum atomic E-state index is 5.77. The van der Waals surface area contributed by atoms with Crippen molar-refractivity contribution in [2.45, 2.75) is 39.8 Å². The van der Waals surface area contributed by atoms with Crippen LogP contribution in [-0.4, -0.2) is 9.78 Å². The van der Waals surface area contributed by atoms with Crippen LogP contribution >= 0.6 is 15.9 Å². The molecule has 3 N–H and O–H groups in total. The van der Waals surface area contributed by atoms with Crippen molar-refractivity contribution in [1.82, 2.24) is 15.2 Å². The molecule has 1 heterocycles. The van der Waals surface area contributed by atoms with Crippen molar-refractivity contribution in [1.29, 1.82) is 0 Å². The second-order valence-electron chi connectivity index (χ2n) is 4.97. The number of rotatable bonds is 5. The van der Waals surface area contributed by atoms with Gasteiger partial charge in [-0.25, -0.2) is 0 Å². The lowest BCUT2D eigenvalue weighted by Crippen LogP contribution is -2.30. The van der Waals surface area contributed by atoms with Gasteiger partial charge >= 0.3 is 0 Å². The van der Waals surface area contributed by atoms with Gasteiger partial charge in [-0.3, -0.25) is 16.0 Å². The van der Waals surface area contributed by atoms with Crippen LogP contribution in [0, 0.1) is 13.8 Å². The lowest BCUT2D eigenvalue weighted by molar-refractivity contribution is 0.515. The molecule has 0 saturated carbocycles. The van der Waals surface area contributed by atoms with E-state index in [1.54, 1.807) is 0 Å². The standard InChI is InChI=1S/C15H21BrN4/c1-4-20-12(8-10(2)19-20)9-15(18-17)13-6-5-7-14(16)11(13)3/h5-8,15,18H,4,9,17H2,1-3H3. The van der Waals surface area contributed by atoms with Crippen molar-refractivity contribution in [3.05, 3.63) is 51.3 Å². The highest BCUT2D eigenvalue weighted by atomic mass is 79.9. The van der Waals surface area contributed by atoms with Gasteiger partial charge < -0.3 is 0 Å². The molecule has 1 unspecified atom stereocenters. The van der Waals surface area contributed by atoms with E-state index in [0.717, 1.165) is 23.1 Å². The van der Waals surface area contributed by atoms with Gasteiger partial charge in [-0.05, 0) is 44.0 Å². The minimum Gasteiger partial charge on any atom is -0.271 e. The van der Waals surface area contributed by atoms with E-state index in [4.69, 9.17) is 5.84 Å². The minimum atomic E-state index is 0.0777. The van der Waals surface area contributed by atoms with E-state index in [2.05, 4.69) is 52.4 Å². The van der Waals surface area contributed by atoms with Gasteiger partial charge in [0.05, 0.1) is 11.7 Å². The van der Waals surface area contributed by atoms with Gasteiger partial charge in [-0.15, -0.1) is 0 Å². The van der Waals surface area contributed by atoms with Crippen molar-refractivity contribution in [3.63, 3.8) is 0 Å². The number of hydrogen-bond acceptors (Lipinski definition) is 3. The smallest absolute Gasteiger partial charge is 0.0596 e. The fourth-order valence-corrected chi connectivity index (χ4v) is 2.89. The van der Waals surface area contributed by atoms with E-state index < -0.39 is 0 Å². The van der Waals surface area contributed by atoms with E-state index in [1.807, 2.05) is 23.7 Å². The second kappa shape index (κ2) is 6.52. The summed E-state index contributed by atoms with van der Waals surface area (Å²) in [7, 11) is 0. The second-order valence-corrected chi connectivity index (χ2v) is 5.82. The van der Waals surface area contributed by atoms with Gasteiger partial charge in [0.15, 0.2) is 0 Å². The molecular formula is C15H21BrN4. The summed E-state index contributed by atoms with van der Waals surface area (Å²) in [6.07, 6.45) is 0.822. The Hall–Kier alpha value is -1.17. The van der Waals surface area contributed by atoms with Gasteiger partial charge in [0.1, 0.15) is 0 Å². The summed E-state index contributed by atoms with van der Waals surface area (Å²) in [6, 6.07) is 8.41. The summed E-state index contributed by atoms with van der Waals surface area (Å²) in [5, 5.41) is 4.49. The molecule has 0 radical (unpaired) electrons. The highest BCUT2D eigenvalue weighted by molar-refractivity contribution is 9.10. The fraction of sp³-hybridized carbons (Fsp3) is 0.400. The lowest BCUT2D eigenvalue weighted by Gasteiger charge is -2.19. The Morgan fingerprint density at radius 3 is 2.80 bits per heavy atom. The van der Waals surface area contributed by atoms with Gasteiger partial charge in [-0.2, -0.15) is 5.10 Å². The van der Waals surface area contributed by atoms with Gasteiger partial charge in [0.25, 0.3) is 0 Å². The first-order valence-electron chi connectivity index (χ1n) is 6.81. The Labute approximate surface area is 128 Å². The zero-order valence-electron chi connectivity index (χ0n) is 12.2. The predicted molar refractivity (Wildman–Crippen MR) is 85.3 cm³/mol. The molecule has 0 aliphatic heterocycles. The van der Waals surface area contributed by atoms with Crippen LogP contribution in [0.3, 0.4) is 0 Å². The van der Waals surface area contributed by atoms with Crippen LogP contribution in [0.15, 0.2) is 28.7 Å². The van der Waals surface area contributed by atoms with Crippen LogP contribution in [0.1, 0.15) is 35.5 Å². The Bertz CT molecular complexity index is 592. The zero-order valence-corrected chi connectivity index (χ0v) is 13.7. The third kappa shape index (κ3) is 3.11. The van der Waals surface area contributed by atoms with Crippen LogP contribution < -0.4 is 11.3 Å². The topological polar surface area (TPSA) is 55.9 Å². The molecule has 1 aromatic heterocycles. The van der Waals surface area contributed by atoms with Crippen molar-refractivity contribution >= 4 is 15.9 Å². The first kappa shape index (κ1) is 15.2. The van der Waals surface area contributed by atoms with Crippen LogP contribution in [0.25, 0.3) is 0 Å². The minimum absolute atomic E-state index is 0.0777. The van der Waals surface area contributed by atoms with Gasteiger partial charge in [-0.1, -0.05) is 28.1 Å². The molecule has 1 aromatic carbocycles. The average Bonchev–Trinajstić information content (AvgIpc) is 2.79. The summed E-state index contributed by atoms with van der Waals surface area (Å²) in [5.41, 5.74) is 7.61. The molecule has 2 aromatic rings. The number of halogens is 1. The Kier molecular flexibility index (Phi) is 4.96. The Morgan fingerprint density at radius 2 is 2.15 bits per heavy atom. The third-order valence-corrected chi connectivity index (χ3v) is 4.44. The molecule has 2 rings (SSSR count). The maximum Gasteiger partial charge on any atom is 0.0596 e. The molecule has 0 aliphatic rings. The number of aromatic nitrogens is 2. The molecule has 0 bridgehead atoms. The summed E-state index contributed by atoms with van der Waals surface area (Å²) < 4.78 is 3.14. The number of hydrogen-bond donors (Lipinski definition) is 2. The highest BCUT2D eigenvalue weighted by Crippen LogP contribution is 2.26. The quantitative estimate of drug-likeness (QED) is 0.651. The Balaban J connectivity index is 2.31. The van der Waals surface area contributed by atoms with Crippen LogP contribution in [0.4, 0.5) is 0 Å². The molecule has 108 valence electrons. The average molecular weight is 337 g/mol. The maximum absolute atomic E-state index is 5.77. The molecule has 0 aliphatic carbocycles. The number of nitrogens with zero attached hydrogens (tertiary/aromatic N) is 2. The summed E-state index contributed by atoms with van der Waals surface area (Å²) in [6.45, 7) is 7.10. The number of benzene rings is 1. The summed E-state index contributed by atoms with van der Waals surface area (Å²) in [4.78, 5) is 0. The lowest BCUT2D eigenvalue weighted by atomic mass is 9.98. The first-order chi connectivity index (χ1) is 9.56. The molecular weight excluding hydrogens is 316 g/mol. The molecule has 1 atom stereocenters. The molecule has 20 heavy (non-hydrogen) atoms. The van der Waals surface area contributed by atoms with E-state index in [-0.39, 0.29) is 6.04 Å². The molecule has 5 heteroatoms. The normalized spacial score (nSPS) is 12.7. The van der Waals surface area contributed by atoms with Gasteiger partial charge in [0.2, 0.25) is 0 Å². The third-order valence-electron chi connectivity index (χ3n) is 3.58. The predicted octanol–water partition coefficient (Wildman–Crippen LogP) is 3.03. The van der Waals surface area contributed by atoms with E-state index >= 15 is 0 Å². The molecule has 4 nitrogen and oxygen atoms in total. The van der Waals surface area contributed by atoms with Gasteiger partial charge in [0, 0.05) is 23.1 Å². The molecule has 0 spiro atoms. The van der Waals surface area contributed by atoms with E-state index in [0.29, 0.717) is 0 Å². The zero-order chi connectivity index (χ0) is 14.7. The molecule has 0 fully saturated rings. The van der Waals surface area contributed by atoms with Crippen LogP contribution in [0.5, 0.6) is 0 Å². The monoisotopic (exact) mass is 336 g/mol. The van der Waals surface area contributed by atoms with Crippen molar-refractivity contribution in [2.24, 2.45) is 5.84 Å². The number of nitrogens with one attached hydrogen (secondary N) is 1. The van der Waals surface area contributed by atoms with Crippen molar-refractivity contribution in [3.8, 4) is 0 Å². The number of hydrazine groups is 1. The summed E-state index contributed by atoms with van der Waals surface area (Å²) in [5.74, 6) is 5.77. The van der Waals surface area contributed by atoms with E-state index in [1.165, 1.54) is 16.8 Å². The number of aryl methyl sites for hydroxylation is 2. The van der Waals surface area contributed by atoms with Crippen LogP contribution in [0.2, 0.25) is 0 Å². The molecule has 0 saturated heterocycles.